The summed E-state index contributed by atoms with van der Waals surface area (Å²) in [5.41, 5.74) is 0.956. The molecule has 0 aliphatic rings. The van der Waals surface area contributed by atoms with E-state index < -0.39 is 11.9 Å². The fraction of sp³-hybridized carbons (Fsp3) is 0.154. The molecular formula is C13H12FNO2. The second-order valence-electron chi connectivity index (χ2n) is 3.79. The Kier molecular flexibility index (Phi) is 3.35. The Morgan fingerprint density at radius 3 is 2.82 bits per heavy atom. The van der Waals surface area contributed by atoms with Gasteiger partial charge in [0.1, 0.15) is 11.6 Å². The molecule has 1 unspecified atom stereocenters. The summed E-state index contributed by atoms with van der Waals surface area (Å²) in [6, 6.07) is 7.98. The molecule has 0 fully saturated rings. The van der Waals surface area contributed by atoms with Gasteiger partial charge in [0.05, 0.1) is 12.3 Å². The Labute approximate surface area is 98.2 Å². The van der Waals surface area contributed by atoms with Crippen molar-refractivity contribution in [3.8, 4) is 5.75 Å². The van der Waals surface area contributed by atoms with Crippen LogP contribution in [-0.4, -0.2) is 15.2 Å². The van der Waals surface area contributed by atoms with Crippen LogP contribution in [0.15, 0.2) is 42.7 Å². The zero-order chi connectivity index (χ0) is 12.3. The molecular weight excluding hydrogens is 221 g/mol. The van der Waals surface area contributed by atoms with Crippen molar-refractivity contribution in [3.05, 3.63) is 59.7 Å². The van der Waals surface area contributed by atoms with Crippen molar-refractivity contribution in [3.63, 3.8) is 0 Å². The smallest absolute Gasteiger partial charge is 0.147 e. The molecule has 88 valence electrons. The van der Waals surface area contributed by atoms with E-state index in [1.54, 1.807) is 24.3 Å². The van der Waals surface area contributed by atoms with Crippen molar-refractivity contribution in [2.24, 2.45) is 0 Å². The van der Waals surface area contributed by atoms with Crippen LogP contribution in [0.5, 0.6) is 5.75 Å². The van der Waals surface area contributed by atoms with Gasteiger partial charge < -0.3 is 10.2 Å². The van der Waals surface area contributed by atoms with E-state index in [4.69, 9.17) is 0 Å². The van der Waals surface area contributed by atoms with Gasteiger partial charge in [-0.3, -0.25) is 4.98 Å². The van der Waals surface area contributed by atoms with E-state index in [1.807, 2.05) is 0 Å². The van der Waals surface area contributed by atoms with E-state index in [9.17, 15) is 14.6 Å². The maximum Gasteiger partial charge on any atom is 0.147 e. The maximum atomic E-state index is 13.4. The highest BCUT2D eigenvalue weighted by atomic mass is 19.1. The molecule has 0 aliphatic heterocycles. The quantitative estimate of drug-likeness (QED) is 0.854. The molecule has 1 heterocycles. The second-order valence-corrected chi connectivity index (χ2v) is 3.79. The van der Waals surface area contributed by atoms with Crippen molar-refractivity contribution in [2.45, 2.75) is 12.5 Å². The highest BCUT2D eigenvalue weighted by Crippen LogP contribution is 2.21. The lowest BCUT2D eigenvalue weighted by molar-refractivity contribution is 0.173. The third kappa shape index (κ3) is 2.79. The number of aliphatic hydroxyl groups is 1. The SMILES string of the molecule is Oc1cccc(CC(O)c2ccncc2F)c1. The molecule has 1 atom stereocenters. The number of aromatic nitrogens is 1. The van der Waals surface area contributed by atoms with Gasteiger partial charge in [-0.25, -0.2) is 4.39 Å². The van der Waals surface area contributed by atoms with Crippen molar-refractivity contribution < 1.29 is 14.6 Å². The van der Waals surface area contributed by atoms with E-state index in [-0.39, 0.29) is 17.7 Å². The molecule has 0 bridgehead atoms. The first-order valence-electron chi connectivity index (χ1n) is 5.22. The lowest BCUT2D eigenvalue weighted by atomic mass is 10.0. The predicted molar refractivity (Wildman–Crippen MR) is 61.0 cm³/mol. The summed E-state index contributed by atoms with van der Waals surface area (Å²) in [6.45, 7) is 0. The molecule has 3 nitrogen and oxygen atoms in total. The molecule has 1 aromatic heterocycles. The summed E-state index contributed by atoms with van der Waals surface area (Å²) in [6.07, 6.45) is 1.81. The van der Waals surface area contributed by atoms with Crippen LogP contribution in [0.1, 0.15) is 17.2 Å². The lowest BCUT2D eigenvalue weighted by Gasteiger charge is -2.11. The van der Waals surface area contributed by atoms with Gasteiger partial charge in [0.25, 0.3) is 0 Å². The number of nitrogens with zero attached hydrogens (tertiary/aromatic N) is 1. The number of aromatic hydroxyl groups is 1. The number of halogens is 1. The molecule has 17 heavy (non-hydrogen) atoms. The molecule has 2 N–H and O–H groups in total. The molecule has 2 aromatic rings. The van der Waals surface area contributed by atoms with Crippen LogP contribution in [0.3, 0.4) is 0 Å². The molecule has 4 heteroatoms. The summed E-state index contributed by atoms with van der Waals surface area (Å²) in [5, 5.41) is 19.2. The minimum Gasteiger partial charge on any atom is -0.508 e. The van der Waals surface area contributed by atoms with Gasteiger partial charge >= 0.3 is 0 Å². The Balaban J connectivity index is 2.17. The molecule has 2 rings (SSSR count). The van der Waals surface area contributed by atoms with E-state index in [1.165, 1.54) is 12.3 Å². The molecule has 0 radical (unpaired) electrons. The highest BCUT2D eigenvalue weighted by molar-refractivity contribution is 5.29. The van der Waals surface area contributed by atoms with E-state index >= 15 is 0 Å². The third-order valence-corrected chi connectivity index (χ3v) is 2.50. The zero-order valence-corrected chi connectivity index (χ0v) is 9.05. The Morgan fingerprint density at radius 2 is 2.12 bits per heavy atom. The number of rotatable bonds is 3. The largest absolute Gasteiger partial charge is 0.508 e. The number of hydrogen-bond acceptors (Lipinski definition) is 3. The number of benzene rings is 1. The normalized spacial score (nSPS) is 12.4. The fourth-order valence-corrected chi connectivity index (χ4v) is 1.67. The maximum absolute atomic E-state index is 13.4. The number of phenols is 1. The third-order valence-electron chi connectivity index (χ3n) is 2.50. The first-order valence-corrected chi connectivity index (χ1v) is 5.22. The average molecular weight is 233 g/mol. The number of aliphatic hydroxyl groups excluding tert-OH is 1. The first-order chi connectivity index (χ1) is 8.16. The predicted octanol–water partition coefficient (Wildman–Crippen LogP) is 2.20. The Bertz CT molecular complexity index is 516. The van der Waals surface area contributed by atoms with E-state index in [2.05, 4.69) is 4.98 Å². The summed E-state index contributed by atoms with van der Waals surface area (Å²) in [5.74, 6) is -0.398. The monoisotopic (exact) mass is 233 g/mol. The Hall–Kier alpha value is -1.94. The second kappa shape index (κ2) is 4.93. The molecule has 0 amide bonds. The summed E-state index contributed by atoms with van der Waals surface area (Å²) in [7, 11) is 0. The van der Waals surface area contributed by atoms with Crippen LogP contribution in [0.2, 0.25) is 0 Å². The minimum atomic E-state index is -0.945. The van der Waals surface area contributed by atoms with Gasteiger partial charge in [-0.15, -0.1) is 0 Å². The van der Waals surface area contributed by atoms with Crippen LogP contribution in [0.25, 0.3) is 0 Å². The number of phenolic OH excluding ortho intramolecular Hbond substituents is 1. The van der Waals surface area contributed by atoms with Crippen LogP contribution in [0, 0.1) is 5.82 Å². The topological polar surface area (TPSA) is 53.4 Å². The van der Waals surface area contributed by atoms with E-state index in [0.29, 0.717) is 0 Å². The molecule has 0 saturated heterocycles. The lowest BCUT2D eigenvalue weighted by Crippen LogP contribution is -2.04. The average Bonchev–Trinajstić information content (AvgIpc) is 2.29. The van der Waals surface area contributed by atoms with Gasteiger partial charge in [-0.1, -0.05) is 12.1 Å². The molecule has 0 aliphatic carbocycles. The molecule has 0 saturated carbocycles. The van der Waals surface area contributed by atoms with Crippen LogP contribution in [0.4, 0.5) is 4.39 Å². The number of hydrogen-bond donors (Lipinski definition) is 2. The van der Waals surface area contributed by atoms with E-state index in [0.717, 1.165) is 11.8 Å². The van der Waals surface area contributed by atoms with Crippen LogP contribution in [-0.2, 0) is 6.42 Å². The van der Waals surface area contributed by atoms with Gasteiger partial charge in [0, 0.05) is 18.2 Å². The van der Waals surface area contributed by atoms with Crippen molar-refractivity contribution >= 4 is 0 Å². The molecule has 0 spiro atoms. The van der Waals surface area contributed by atoms with Gasteiger partial charge in [0.15, 0.2) is 0 Å². The zero-order valence-electron chi connectivity index (χ0n) is 9.05. The first kappa shape index (κ1) is 11.5. The van der Waals surface area contributed by atoms with Crippen molar-refractivity contribution in [1.82, 2.24) is 4.98 Å². The molecule has 1 aromatic carbocycles. The van der Waals surface area contributed by atoms with Gasteiger partial charge in [0.2, 0.25) is 0 Å². The summed E-state index contributed by atoms with van der Waals surface area (Å²) >= 11 is 0. The summed E-state index contributed by atoms with van der Waals surface area (Å²) < 4.78 is 13.4. The van der Waals surface area contributed by atoms with Crippen LogP contribution < -0.4 is 0 Å². The van der Waals surface area contributed by atoms with Gasteiger partial charge in [-0.2, -0.15) is 0 Å². The fourth-order valence-electron chi connectivity index (χ4n) is 1.67. The minimum absolute atomic E-state index is 0.130. The summed E-state index contributed by atoms with van der Waals surface area (Å²) in [4.78, 5) is 3.62. The highest BCUT2D eigenvalue weighted by Gasteiger charge is 2.13. The van der Waals surface area contributed by atoms with Crippen molar-refractivity contribution in [2.75, 3.05) is 0 Å². The standard InChI is InChI=1S/C13H12FNO2/c14-12-8-15-5-4-11(12)13(17)7-9-2-1-3-10(16)6-9/h1-6,8,13,16-17H,7H2. The number of pyridine rings is 1. The Morgan fingerprint density at radius 1 is 1.29 bits per heavy atom. The van der Waals surface area contributed by atoms with Crippen LogP contribution >= 0.6 is 0 Å². The van der Waals surface area contributed by atoms with Gasteiger partial charge in [-0.05, 0) is 23.8 Å². The van der Waals surface area contributed by atoms with Crippen molar-refractivity contribution in [1.29, 1.82) is 0 Å².